The Bertz CT molecular complexity index is 430. The molecule has 1 amide bonds. The van der Waals surface area contributed by atoms with E-state index in [4.69, 9.17) is 5.73 Å². The van der Waals surface area contributed by atoms with Crippen molar-refractivity contribution in [3.05, 3.63) is 10.6 Å². The van der Waals surface area contributed by atoms with Gasteiger partial charge in [0.1, 0.15) is 4.88 Å². The molecule has 0 aromatic carbocycles. The van der Waals surface area contributed by atoms with Crippen LogP contribution >= 0.6 is 11.5 Å². The number of nitrogens with zero attached hydrogens (tertiary/aromatic N) is 2. The van der Waals surface area contributed by atoms with E-state index >= 15 is 0 Å². The molecular formula is C13H24N4OS. The second-order valence-electron chi connectivity index (χ2n) is 5.96. The van der Waals surface area contributed by atoms with Crippen LogP contribution in [-0.2, 0) is 0 Å². The summed E-state index contributed by atoms with van der Waals surface area (Å²) in [7, 11) is 0. The van der Waals surface area contributed by atoms with Gasteiger partial charge in [0.15, 0.2) is 0 Å². The van der Waals surface area contributed by atoms with Crippen molar-refractivity contribution in [2.75, 3.05) is 6.54 Å². The monoisotopic (exact) mass is 284 g/mol. The lowest BCUT2D eigenvalue weighted by molar-refractivity contribution is 0.0901. The quantitative estimate of drug-likeness (QED) is 0.838. The SMILES string of the molecule is CC(C)CC(C)(CN)NC(=O)c1snnc1C(C)C. The Morgan fingerprint density at radius 1 is 1.42 bits per heavy atom. The van der Waals surface area contributed by atoms with Crippen LogP contribution in [-0.4, -0.2) is 27.6 Å². The Morgan fingerprint density at radius 3 is 2.53 bits per heavy atom. The summed E-state index contributed by atoms with van der Waals surface area (Å²) in [5.41, 5.74) is 6.18. The van der Waals surface area contributed by atoms with Gasteiger partial charge in [-0.2, -0.15) is 0 Å². The van der Waals surface area contributed by atoms with Gasteiger partial charge in [0.05, 0.1) is 11.2 Å². The molecule has 6 heteroatoms. The molecule has 108 valence electrons. The molecular weight excluding hydrogens is 260 g/mol. The molecule has 1 rings (SSSR count). The van der Waals surface area contributed by atoms with Crippen LogP contribution in [0.4, 0.5) is 0 Å². The molecule has 0 radical (unpaired) electrons. The number of hydrogen-bond donors (Lipinski definition) is 2. The summed E-state index contributed by atoms with van der Waals surface area (Å²) in [6, 6.07) is 0. The number of amides is 1. The van der Waals surface area contributed by atoms with Crippen LogP contribution in [0.15, 0.2) is 0 Å². The number of carbonyl (C=O) groups excluding carboxylic acids is 1. The van der Waals surface area contributed by atoms with Crippen molar-refractivity contribution >= 4 is 17.4 Å². The third kappa shape index (κ3) is 4.24. The van der Waals surface area contributed by atoms with E-state index in [1.807, 2.05) is 20.8 Å². The van der Waals surface area contributed by atoms with Gasteiger partial charge in [-0.1, -0.05) is 32.2 Å². The first-order valence-corrected chi connectivity index (χ1v) is 7.41. The second kappa shape index (κ2) is 6.43. The third-order valence-corrected chi connectivity index (χ3v) is 3.73. The lowest BCUT2D eigenvalue weighted by Gasteiger charge is -2.31. The normalized spacial score (nSPS) is 14.7. The molecule has 0 aliphatic heterocycles. The Kier molecular flexibility index (Phi) is 5.43. The van der Waals surface area contributed by atoms with Crippen molar-refractivity contribution in [2.24, 2.45) is 11.7 Å². The Morgan fingerprint density at radius 2 is 2.05 bits per heavy atom. The van der Waals surface area contributed by atoms with Gasteiger partial charge in [-0.3, -0.25) is 4.79 Å². The summed E-state index contributed by atoms with van der Waals surface area (Å²) < 4.78 is 3.88. The minimum Gasteiger partial charge on any atom is -0.345 e. The highest BCUT2D eigenvalue weighted by Crippen LogP contribution is 2.22. The van der Waals surface area contributed by atoms with Crippen LogP contribution in [0, 0.1) is 5.92 Å². The van der Waals surface area contributed by atoms with Crippen molar-refractivity contribution in [3.63, 3.8) is 0 Å². The number of nitrogens with one attached hydrogen (secondary N) is 1. The van der Waals surface area contributed by atoms with Crippen LogP contribution < -0.4 is 11.1 Å². The molecule has 1 aromatic rings. The standard InChI is InChI=1S/C13H24N4OS/c1-8(2)6-13(5,7-14)15-12(18)11-10(9(3)4)16-17-19-11/h8-9H,6-7,14H2,1-5H3,(H,15,18). The number of nitrogens with two attached hydrogens (primary N) is 1. The van der Waals surface area contributed by atoms with Crippen molar-refractivity contribution in [3.8, 4) is 0 Å². The molecule has 0 saturated carbocycles. The molecule has 0 fully saturated rings. The van der Waals surface area contributed by atoms with Gasteiger partial charge in [0.2, 0.25) is 0 Å². The van der Waals surface area contributed by atoms with Crippen LogP contribution in [0.1, 0.15) is 62.3 Å². The van der Waals surface area contributed by atoms with Gasteiger partial charge in [0.25, 0.3) is 5.91 Å². The average Bonchev–Trinajstić information content (AvgIpc) is 2.76. The molecule has 0 aliphatic carbocycles. The first-order valence-electron chi connectivity index (χ1n) is 6.64. The van der Waals surface area contributed by atoms with Crippen molar-refractivity contribution in [1.82, 2.24) is 14.9 Å². The van der Waals surface area contributed by atoms with Crippen LogP contribution in [0.25, 0.3) is 0 Å². The van der Waals surface area contributed by atoms with Gasteiger partial charge >= 0.3 is 0 Å². The zero-order valence-electron chi connectivity index (χ0n) is 12.4. The van der Waals surface area contributed by atoms with Gasteiger partial charge in [0, 0.05) is 6.54 Å². The minimum atomic E-state index is -0.385. The number of aromatic nitrogens is 2. The zero-order valence-corrected chi connectivity index (χ0v) is 13.2. The minimum absolute atomic E-state index is 0.118. The maximum atomic E-state index is 12.4. The molecule has 5 nitrogen and oxygen atoms in total. The molecule has 19 heavy (non-hydrogen) atoms. The highest BCUT2D eigenvalue weighted by atomic mass is 32.1. The predicted octanol–water partition coefficient (Wildman–Crippen LogP) is 2.15. The van der Waals surface area contributed by atoms with Crippen molar-refractivity contribution in [2.45, 2.75) is 52.5 Å². The highest BCUT2D eigenvalue weighted by molar-refractivity contribution is 7.08. The predicted molar refractivity (Wildman–Crippen MR) is 78.4 cm³/mol. The molecule has 1 aromatic heterocycles. The average molecular weight is 284 g/mol. The molecule has 0 spiro atoms. The fraction of sp³-hybridized carbons (Fsp3) is 0.769. The fourth-order valence-electron chi connectivity index (χ4n) is 2.15. The first-order chi connectivity index (χ1) is 8.79. The number of hydrogen-bond acceptors (Lipinski definition) is 5. The number of rotatable bonds is 6. The zero-order chi connectivity index (χ0) is 14.6. The smallest absolute Gasteiger partial charge is 0.265 e. The summed E-state index contributed by atoms with van der Waals surface area (Å²) in [4.78, 5) is 12.9. The Hall–Kier alpha value is -1.01. The molecule has 3 N–H and O–H groups in total. The molecule has 1 heterocycles. The Balaban J connectivity index is 2.86. The third-order valence-electron chi connectivity index (χ3n) is 2.99. The lowest BCUT2D eigenvalue weighted by Crippen LogP contribution is -2.52. The van der Waals surface area contributed by atoms with Crippen LogP contribution in [0.5, 0.6) is 0 Å². The van der Waals surface area contributed by atoms with E-state index in [0.29, 0.717) is 17.3 Å². The van der Waals surface area contributed by atoms with Crippen LogP contribution in [0.3, 0.4) is 0 Å². The number of carbonyl (C=O) groups is 1. The molecule has 0 aliphatic rings. The van der Waals surface area contributed by atoms with E-state index in [-0.39, 0.29) is 17.4 Å². The van der Waals surface area contributed by atoms with E-state index in [1.165, 1.54) is 0 Å². The highest BCUT2D eigenvalue weighted by Gasteiger charge is 2.28. The first kappa shape index (κ1) is 16.0. The van der Waals surface area contributed by atoms with Crippen molar-refractivity contribution in [1.29, 1.82) is 0 Å². The maximum Gasteiger partial charge on any atom is 0.265 e. The van der Waals surface area contributed by atoms with Gasteiger partial charge in [-0.15, -0.1) is 5.10 Å². The maximum absolute atomic E-state index is 12.4. The van der Waals surface area contributed by atoms with E-state index in [1.54, 1.807) is 0 Å². The summed E-state index contributed by atoms with van der Waals surface area (Å²) >= 11 is 1.14. The van der Waals surface area contributed by atoms with Crippen LogP contribution in [0.2, 0.25) is 0 Å². The van der Waals surface area contributed by atoms with Gasteiger partial charge in [-0.25, -0.2) is 0 Å². The summed E-state index contributed by atoms with van der Waals surface area (Å²) in [5, 5.41) is 7.07. The Labute approximate surface area is 119 Å². The molecule has 1 unspecified atom stereocenters. The summed E-state index contributed by atoms with van der Waals surface area (Å²) in [6.07, 6.45) is 0.846. The summed E-state index contributed by atoms with van der Waals surface area (Å²) in [5.74, 6) is 0.541. The second-order valence-corrected chi connectivity index (χ2v) is 6.71. The largest absolute Gasteiger partial charge is 0.345 e. The fourth-order valence-corrected chi connectivity index (χ4v) is 2.86. The van der Waals surface area contributed by atoms with E-state index < -0.39 is 0 Å². The topological polar surface area (TPSA) is 80.9 Å². The lowest BCUT2D eigenvalue weighted by atomic mass is 9.90. The van der Waals surface area contributed by atoms with Gasteiger partial charge < -0.3 is 11.1 Å². The van der Waals surface area contributed by atoms with E-state index in [0.717, 1.165) is 23.6 Å². The van der Waals surface area contributed by atoms with Crippen molar-refractivity contribution < 1.29 is 4.79 Å². The molecule has 0 saturated heterocycles. The van der Waals surface area contributed by atoms with E-state index in [2.05, 4.69) is 28.8 Å². The van der Waals surface area contributed by atoms with Gasteiger partial charge in [-0.05, 0) is 36.7 Å². The molecule has 1 atom stereocenters. The molecule has 0 bridgehead atoms. The van der Waals surface area contributed by atoms with E-state index in [9.17, 15) is 4.79 Å². The summed E-state index contributed by atoms with van der Waals surface area (Å²) in [6.45, 7) is 10.6.